The van der Waals surface area contributed by atoms with Gasteiger partial charge in [0, 0.05) is 22.3 Å². The average Bonchev–Trinajstić information content (AvgIpc) is 2.74. The molecule has 1 aliphatic rings. The molecule has 1 amide bonds. The Kier molecular flexibility index (Phi) is 3.05. The molecule has 0 bridgehead atoms. The zero-order chi connectivity index (χ0) is 15.0. The van der Waals surface area contributed by atoms with Gasteiger partial charge in [-0.3, -0.25) is 4.79 Å². The van der Waals surface area contributed by atoms with Crippen molar-refractivity contribution in [3.63, 3.8) is 0 Å². The Morgan fingerprint density at radius 1 is 1.10 bits per heavy atom. The third-order valence-electron chi connectivity index (χ3n) is 3.53. The first-order valence-electron chi connectivity index (χ1n) is 6.40. The van der Waals surface area contributed by atoms with E-state index < -0.39 is 11.8 Å². The number of alkyl halides is 2. The molecule has 3 nitrogen and oxygen atoms in total. The molecular formula is C16H11F2NO2. The largest absolute Gasteiger partial charge is 0.345 e. The Hall–Kier alpha value is -2.56. The van der Waals surface area contributed by atoms with Crippen LogP contribution in [-0.4, -0.2) is 18.7 Å². The van der Waals surface area contributed by atoms with E-state index in [1.807, 2.05) is 0 Å². The number of rotatable bonds is 3. The standard InChI is InChI=1S/C16H11F2NO2/c17-16(18)12-6-2-1-4-10(12)14-11(5-3-7-13(14)16)15(21)19-8-9-20/h1-7,9H,8H2,(H,19,21). The molecule has 1 aliphatic carbocycles. The molecule has 0 atom stereocenters. The second-order valence-corrected chi connectivity index (χ2v) is 4.72. The minimum absolute atomic E-state index is 0.101. The number of carbonyl (C=O) groups is 2. The van der Waals surface area contributed by atoms with Crippen molar-refractivity contribution in [3.05, 3.63) is 59.2 Å². The molecule has 2 aromatic rings. The SMILES string of the molecule is O=CCNC(=O)c1cccc2c1-c1ccccc1C2(F)F. The topological polar surface area (TPSA) is 46.2 Å². The van der Waals surface area contributed by atoms with Gasteiger partial charge in [-0.1, -0.05) is 36.4 Å². The van der Waals surface area contributed by atoms with Crippen LogP contribution in [-0.2, 0) is 10.7 Å². The highest BCUT2D eigenvalue weighted by Gasteiger charge is 2.45. The van der Waals surface area contributed by atoms with Crippen molar-refractivity contribution < 1.29 is 18.4 Å². The summed E-state index contributed by atoms with van der Waals surface area (Å²) in [5, 5.41) is 2.38. The van der Waals surface area contributed by atoms with E-state index in [2.05, 4.69) is 5.32 Å². The third-order valence-corrected chi connectivity index (χ3v) is 3.53. The van der Waals surface area contributed by atoms with Gasteiger partial charge in [-0.2, -0.15) is 8.78 Å². The minimum atomic E-state index is -3.12. The Morgan fingerprint density at radius 2 is 1.81 bits per heavy atom. The van der Waals surface area contributed by atoms with Crippen LogP contribution in [0.25, 0.3) is 11.1 Å². The smallest absolute Gasteiger partial charge is 0.299 e. The molecule has 106 valence electrons. The van der Waals surface area contributed by atoms with Crippen LogP contribution in [0, 0.1) is 0 Å². The highest BCUT2D eigenvalue weighted by atomic mass is 19.3. The molecule has 0 aromatic heterocycles. The summed E-state index contributed by atoms with van der Waals surface area (Å²) < 4.78 is 28.9. The van der Waals surface area contributed by atoms with Gasteiger partial charge in [-0.15, -0.1) is 0 Å². The number of benzene rings is 2. The summed E-state index contributed by atoms with van der Waals surface area (Å²) in [6, 6.07) is 10.4. The third kappa shape index (κ3) is 1.93. The first-order valence-corrected chi connectivity index (χ1v) is 6.40. The number of hydrogen-bond donors (Lipinski definition) is 1. The van der Waals surface area contributed by atoms with E-state index in [-0.39, 0.29) is 28.8 Å². The number of amides is 1. The van der Waals surface area contributed by atoms with Crippen LogP contribution in [0.4, 0.5) is 8.78 Å². The highest BCUT2D eigenvalue weighted by Crippen LogP contribution is 2.51. The summed E-state index contributed by atoms with van der Waals surface area (Å²) in [6.07, 6.45) is 0.545. The average molecular weight is 287 g/mol. The lowest BCUT2D eigenvalue weighted by atomic mass is 9.99. The fourth-order valence-electron chi connectivity index (χ4n) is 2.64. The van der Waals surface area contributed by atoms with Gasteiger partial charge >= 0.3 is 0 Å². The molecule has 0 radical (unpaired) electrons. The maximum Gasteiger partial charge on any atom is 0.299 e. The molecular weight excluding hydrogens is 276 g/mol. The first kappa shape index (κ1) is 13.4. The molecule has 3 rings (SSSR count). The van der Waals surface area contributed by atoms with Crippen molar-refractivity contribution in [3.8, 4) is 11.1 Å². The van der Waals surface area contributed by atoms with Crippen LogP contribution in [0.5, 0.6) is 0 Å². The number of fused-ring (bicyclic) bond motifs is 3. The summed E-state index contributed by atoms with van der Waals surface area (Å²) in [4.78, 5) is 22.4. The van der Waals surface area contributed by atoms with Crippen molar-refractivity contribution in [2.24, 2.45) is 0 Å². The molecule has 0 saturated carbocycles. The van der Waals surface area contributed by atoms with Gasteiger partial charge in [-0.05, 0) is 11.6 Å². The molecule has 1 N–H and O–H groups in total. The van der Waals surface area contributed by atoms with E-state index in [0.717, 1.165) is 0 Å². The normalized spacial score (nSPS) is 14.2. The quantitative estimate of drug-likeness (QED) is 0.882. The zero-order valence-electron chi connectivity index (χ0n) is 10.9. The Labute approximate surface area is 119 Å². The number of aldehydes is 1. The van der Waals surface area contributed by atoms with E-state index in [9.17, 15) is 18.4 Å². The summed E-state index contributed by atoms with van der Waals surface area (Å²) in [7, 11) is 0. The maximum atomic E-state index is 14.4. The molecule has 0 unspecified atom stereocenters. The van der Waals surface area contributed by atoms with Gasteiger partial charge in [0.25, 0.3) is 11.8 Å². The Balaban J connectivity index is 2.21. The molecule has 0 spiro atoms. The Morgan fingerprint density at radius 3 is 2.57 bits per heavy atom. The molecule has 0 saturated heterocycles. The fourth-order valence-corrected chi connectivity index (χ4v) is 2.64. The molecule has 21 heavy (non-hydrogen) atoms. The second kappa shape index (κ2) is 4.77. The number of carbonyl (C=O) groups excluding carboxylic acids is 2. The van der Waals surface area contributed by atoms with E-state index in [1.54, 1.807) is 18.2 Å². The predicted molar refractivity (Wildman–Crippen MR) is 73.3 cm³/mol. The summed E-state index contributed by atoms with van der Waals surface area (Å²) >= 11 is 0. The van der Waals surface area contributed by atoms with Gasteiger partial charge in [0.15, 0.2) is 0 Å². The molecule has 0 aliphatic heterocycles. The van der Waals surface area contributed by atoms with Crippen LogP contribution in [0.1, 0.15) is 21.5 Å². The van der Waals surface area contributed by atoms with Crippen molar-refractivity contribution in [2.45, 2.75) is 5.92 Å². The van der Waals surface area contributed by atoms with Crippen molar-refractivity contribution in [1.82, 2.24) is 5.32 Å². The lowest BCUT2D eigenvalue weighted by Crippen LogP contribution is -2.25. The minimum Gasteiger partial charge on any atom is -0.345 e. The van der Waals surface area contributed by atoms with Crippen LogP contribution in [0.2, 0.25) is 0 Å². The van der Waals surface area contributed by atoms with Gasteiger partial charge in [-0.25, -0.2) is 0 Å². The van der Waals surface area contributed by atoms with E-state index >= 15 is 0 Å². The number of nitrogens with one attached hydrogen (secondary N) is 1. The van der Waals surface area contributed by atoms with Crippen LogP contribution >= 0.6 is 0 Å². The zero-order valence-corrected chi connectivity index (χ0v) is 10.9. The first-order chi connectivity index (χ1) is 10.1. The fraction of sp³-hybridized carbons (Fsp3) is 0.125. The Bertz CT molecular complexity index is 741. The maximum absolute atomic E-state index is 14.4. The highest BCUT2D eigenvalue weighted by molar-refractivity contribution is 6.04. The van der Waals surface area contributed by atoms with Gasteiger partial charge in [0.05, 0.1) is 6.54 Å². The van der Waals surface area contributed by atoms with Gasteiger partial charge < -0.3 is 10.1 Å². The molecule has 2 aromatic carbocycles. The van der Waals surface area contributed by atoms with Crippen LogP contribution < -0.4 is 5.32 Å². The van der Waals surface area contributed by atoms with Crippen LogP contribution in [0.15, 0.2) is 42.5 Å². The van der Waals surface area contributed by atoms with E-state index in [1.165, 1.54) is 24.3 Å². The van der Waals surface area contributed by atoms with Crippen LogP contribution in [0.3, 0.4) is 0 Å². The van der Waals surface area contributed by atoms with Crippen molar-refractivity contribution >= 4 is 12.2 Å². The summed E-state index contributed by atoms with van der Waals surface area (Å²) in [5.74, 6) is -3.65. The summed E-state index contributed by atoms with van der Waals surface area (Å²) in [5.41, 5.74) is 0.466. The lowest BCUT2D eigenvalue weighted by Gasteiger charge is -2.12. The number of halogens is 2. The lowest BCUT2D eigenvalue weighted by molar-refractivity contribution is -0.107. The van der Waals surface area contributed by atoms with Crippen molar-refractivity contribution in [2.75, 3.05) is 6.54 Å². The predicted octanol–water partition coefficient (Wildman–Crippen LogP) is 2.74. The van der Waals surface area contributed by atoms with E-state index in [4.69, 9.17) is 0 Å². The number of hydrogen-bond acceptors (Lipinski definition) is 2. The summed E-state index contributed by atoms with van der Waals surface area (Å²) in [6.45, 7) is -0.152. The monoisotopic (exact) mass is 287 g/mol. The second-order valence-electron chi connectivity index (χ2n) is 4.72. The molecule has 0 fully saturated rings. The molecule has 5 heteroatoms. The van der Waals surface area contributed by atoms with E-state index in [0.29, 0.717) is 11.8 Å². The molecule has 0 heterocycles. The van der Waals surface area contributed by atoms with Gasteiger partial charge in [0.2, 0.25) is 0 Å². The van der Waals surface area contributed by atoms with Crippen molar-refractivity contribution in [1.29, 1.82) is 0 Å². The van der Waals surface area contributed by atoms with Gasteiger partial charge in [0.1, 0.15) is 6.29 Å².